The van der Waals surface area contributed by atoms with Gasteiger partial charge in [-0.15, -0.1) is 0 Å². The maximum atomic E-state index is 12.9. The summed E-state index contributed by atoms with van der Waals surface area (Å²) in [5, 5.41) is 0. The van der Waals surface area contributed by atoms with E-state index in [2.05, 4.69) is 0 Å². The van der Waals surface area contributed by atoms with E-state index in [9.17, 15) is 18.0 Å². The summed E-state index contributed by atoms with van der Waals surface area (Å²) in [6.45, 7) is 4.96. The summed E-state index contributed by atoms with van der Waals surface area (Å²) in [6, 6.07) is 4.73. The number of amides is 1. The number of carbonyl (C=O) groups excluding carboxylic acids is 1. The average Bonchev–Trinajstić information content (AvgIpc) is 3.03. The van der Waals surface area contributed by atoms with Gasteiger partial charge in [-0.25, -0.2) is 13.2 Å². The third-order valence-electron chi connectivity index (χ3n) is 6.37. The van der Waals surface area contributed by atoms with E-state index in [1.807, 2.05) is 18.7 Å². The van der Waals surface area contributed by atoms with Crippen LogP contribution in [0.2, 0.25) is 0 Å². The Kier molecular flexibility index (Phi) is 5.76. The van der Waals surface area contributed by atoms with Crippen molar-refractivity contribution < 1.29 is 17.6 Å². The molecule has 2 aromatic rings. The predicted molar refractivity (Wildman–Crippen MR) is 113 cm³/mol. The topological polar surface area (TPSA) is 92.8 Å². The first-order valence-corrected chi connectivity index (χ1v) is 12.2. The number of oxazole rings is 1. The first-order valence-electron chi connectivity index (χ1n) is 10.7. The van der Waals surface area contributed by atoms with Crippen molar-refractivity contribution in [2.75, 3.05) is 13.1 Å². The van der Waals surface area contributed by atoms with Gasteiger partial charge in [0.05, 0.1) is 10.4 Å². The summed E-state index contributed by atoms with van der Waals surface area (Å²) >= 11 is 0. The Balaban J connectivity index is 1.62. The second-order valence-corrected chi connectivity index (χ2v) is 10.4. The summed E-state index contributed by atoms with van der Waals surface area (Å²) in [5.41, 5.74) is 0.619. The Morgan fingerprint density at radius 2 is 1.73 bits per heavy atom. The molecule has 2 saturated heterocycles. The van der Waals surface area contributed by atoms with Crippen LogP contribution < -0.4 is 5.76 Å². The van der Waals surface area contributed by atoms with Crippen molar-refractivity contribution in [3.63, 3.8) is 0 Å². The number of aromatic nitrogens is 1. The van der Waals surface area contributed by atoms with E-state index in [4.69, 9.17) is 4.42 Å². The molecule has 164 valence electrons. The third-order valence-corrected chi connectivity index (χ3v) is 8.26. The zero-order valence-electron chi connectivity index (χ0n) is 17.5. The zero-order valence-corrected chi connectivity index (χ0v) is 18.4. The van der Waals surface area contributed by atoms with Gasteiger partial charge in [-0.2, -0.15) is 4.31 Å². The number of likely N-dealkylation sites (tertiary alicyclic amines) is 1. The fourth-order valence-corrected chi connectivity index (χ4v) is 6.27. The lowest BCUT2D eigenvalue weighted by Gasteiger charge is -2.39. The average molecular weight is 436 g/mol. The van der Waals surface area contributed by atoms with Crippen LogP contribution in [0.3, 0.4) is 0 Å². The van der Waals surface area contributed by atoms with Gasteiger partial charge < -0.3 is 9.32 Å². The number of rotatable bonds is 4. The molecule has 0 saturated carbocycles. The molecule has 2 fully saturated rings. The smallest absolute Gasteiger partial charge is 0.408 e. The monoisotopic (exact) mass is 435 g/mol. The van der Waals surface area contributed by atoms with Crippen LogP contribution in [0.1, 0.15) is 52.4 Å². The number of carbonyl (C=O) groups is 1. The summed E-state index contributed by atoms with van der Waals surface area (Å²) in [7, 11) is -3.62. The molecular weight excluding hydrogens is 406 g/mol. The van der Waals surface area contributed by atoms with E-state index in [1.54, 1.807) is 6.07 Å². The van der Waals surface area contributed by atoms with E-state index in [0.717, 1.165) is 38.5 Å². The molecule has 0 aliphatic carbocycles. The van der Waals surface area contributed by atoms with Crippen LogP contribution in [0.5, 0.6) is 0 Å². The second kappa shape index (κ2) is 8.19. The summed E-state index contributed by atoms with van der Waals surface area (Å²) in [5.74, 6) is -0.771. The van der Waals surface area contributed by atoms with Crippen molar-refractivity contribution in [2.45, 2.75) is 75.9 Å². The lowest BCUT2D eigenvalue weighted by molar-refractivity contribution is -0.137. The molecule has 30 heavy (non-hydrogen) atoms. The fraction of sp³-hybridized carbons (Fsp3) is 0.619. The number of hydrogen-bond acceptors (Lipinski definition) is 5. The molecule has 8 nitrogen and oxygen atoms in total. The molecule has 1 aromatic carbocycles. The summed E-state index contributed by atoms with van der Waals surface area (Å²) in [4.78, 5) is 27.3. The van der Waals surface area contributed by atoms with Gasteiger partial charge in [0, 0.05) is 31.2 Å². The molecule has 4 rings (SSSR count). The van der Waals surface area contributed by atoms with E-state index in [0.29, 0.717) is 18.6 Å². The minimum Gasteiger partial charge on any atom is -0.408 e. The highest BCUT2D eigenvalue weighted by Gasteiger charge is 2.30. The second-order valence-electron chi connectivity index (χ2n) is 8.48. The quantitative estimate of drug-likeness (QED) is 0.736. The number of fused-ring (bicyclic) bond motifs is 1. The Bertz CT molecular complexity index is 1090. The number of sulfonamides is 1. The maximum absolute atomic E-state index is 12.9. The first kappa shape index (κ1) is 21.1. The molecule has 2 aliphatic heterocycles. The summed E-state index contributed by atoms with van der Waals surface area (Å²) < 4.78 is 33.9. The van der Waals surface area contributed by atoms with Gasteiger partial charge >= 0.3 is 5.76 Å². The molecule has 1 amide bonds. The largest absolute Gasteiger partial charge is 0.420 e. The molecule has 2 aliphatic rings. The van der Waals surface area contributed by atoms with E-state index >= 15 is 0 Å². The van der Waals surface area contributed by atoms with Crippen LogP contribution in [-0.2, 0) is 21.4 Å². The highest BCUT2D eigenvalue weighted by molar-refractivity contribution is 7.89. The molecule has 0 bridgehead atoms. The van der Waals surface area contributed by atoms with Gasteiger partial charge in [-0.3, -0.25) is 9.36 Å². The van der Waals surface area contributed by atoms with Gasteiger partial charge in [0.1, 0.15) is 6.54 Å². The molecule has 0 radical (unpaired) electrons. The Morgan fingerprint density at radius 3 is 2.40 bits per heavy atom. The van der Waals surface area contributed by atoms with Crippen LogP contribution in [0.4, 0.5) is 0 Å². The van der Waals surface area contributed by atoms with Crippen LogP contribution >= 0.6 is 0 Å². The van der Waals surface area contributed by atoms with E-state index < -0.39 is 15.8 Å². The lowest BCUT2D eigenvalue weighted by atomic mass is 9.97. The Labute approximate surface area is 176 Å². The van der Waals surface area contributed by atoms with Crippen molar-refractivity contribution in [2.24, 2.45) is 0 Å². The van der Waals surface area contributed by atoms with E-state index in [1.165, 1.54) is 21.0 Å². The highest BCUT2D eigenvalue weighted by Crippen LogP contribution is 2.26. The van der Waals surface area contributed by atoms with Crippen LogP contribution in [-0.4, -0.2) is 53.3 Å². The standard InChI is InChI=1S/C21H29N3O5S/c1-15-7-6-8-16(2)24(15)20(25)14-23-18-10-9-17(13-19(18)29-21(23)26)30(27,28)22-11-4-3-5-12-22/h9-10,13,15-16H,3-8,11-12,14H2,1-2H3/t15-,16-/m1/s1. The Hall–Kier alpha value is -2.13. The zero-order chi connectivity index (χ0) is 21.5. The lowest BCUT2D eigenvalue weighted by Crippen LogP contribution is -2.49. The van der Waals surface area contributed by atoms with Gasteiger partial charge in [0.15, 0.2) is 5.58 Å². The molecule has 0 unspecified atom stereocenters. The van der Waals surface area contributed by atoms with Crippen LogP contribution in [0.25, 0.3) is 11.1 Å². The highest BCUT2D eigenvalue weighted by atomic mass is 32.2. The summed E-state index contributed by atoms with van der Waals surface area (Å²) in [6.07, 6.45) is 5.73. The molecular formula is C21H29N3O5S. The van der Waals surface area contributed by atoms with Crippen molar-refractivity contribution in [3.8, 4) is 0 Å². The first-order chi connectivity index (χ1) is 14.3. The number of hydrogen-bond donors (Lipinski definition) is 0. The van der Waals surface area contributed by atoms with Gasteiger partial charge in [-0.1, -0.05) is 6.42 Å². The van der Waals surface area contributed by atoms with Crippen molar-refractivity contribution >= 4 is 27.0 Å². The van der Waals surface area contributed by atoms with Gasteiger partial charge in [0.2, 0.25) is 15.9 Å². The van der Waals surface area contributed by atoms with Crippen molar-refractivity contribution in [1.82, 2.24) is 13.8 Å². The predicted octanol–water partition coefficient (Wildman–Crippen LogP) is 2.56. The minimum absolute atomic E-state index is 0.112. The van der Waals surface area contributed by atoms with Crippen molar-refractivity contribution in [3.05, 3.63) is 28.7 Å². The van der Waals surface area contributed by atoms with Gasteiger partial charge in [-0.05, 0) is 58.1 Å². The third kappa shape index (κ3) is 3.80. The van der Waals surface area contributed by atoms with Gasteiger partial charge in [0.25, 0.3) is 0 Å². The fourth-order valence-electron chi connectivity index (χ4n) is 4.74. The molecule has 3 heterocycles. The molecule has 0 spiro atoms. The Morgan fingerprint density at radius 1 is 1.07 bits per heavy atom. The molecule has 1 aromatic heterocycles. The molecule has 9 heteroatoms. The van der Waals surface area contributed by atoms with Crippen molar-refractivity contribution in [1.29, 1.82) is 0 Å². The van der Waals surface area contributed by atoms with Crippen LogP contribution in [0, 0.1) is 0 Å². The number of benzene rings is 1. The SMILES string of the molecule is C[C@@H]1CCC[C@@H](C)N1C(=O)Cn1c(=O)oc2cc(S(=O)(=O)N3CCCCC3)ccc21. The number of nitrogens with zero attached hydrogens (tertiary/aromatic N) is 3. The normalized spacial score (nSPS) is 23.7. The molecule has 2 atom stereocenters. The number of piperidine rings is 2. The minimum atomic E-state index is -3.62. The van der Waals surface area contributed by atoms with Crippen LogP contribution in [0.15, 0.2) is 32.3 Å². The maximum Gasteiger partial charge on any atom is 0.420 e. The van der Waals surface area contributed by atoms with E-state index in [-0.39, 0.29) is 35.0 Å². The molecule has 0 N–H and O–H groups in total.